The molecule has 0 aliphatic heterocycles. The van der Waals surface area contributed by atoms with Crippen molar-refractivity contribution in [2.45, 2.75) is 25.7 Å². The van der Waals surface area contributed by atoms with E-state index in [0.717, 1.165) is 18.6 Å². The Bertz CT molecular complexity index is 317. The lowest BCUT2D eigenvalue weighted by Gasteiger charge is -2.15. The lowest BCUT2D eigenvalue weighted by atomic mass is 9.90. The van der Waals surface area contributed by atoms with E-state index in [1.54, 1.807) is 6.26 Å². The van der Waals surface area contributed by atoms with Gasteiger partial charge in [0.1, 0.15) is 5.76 Å². The van der Waals surface area contributed by atoms with Gasteiger partial charge in [-0.2, -0.15) is 0 Å². The van der Waals surface area contributed by atoms with Crippen molar-refractivity contribution in [3.63, 3.8) is 0 Å². The minimum Gasteiger partial charge on any atom is -0.465 e. The Hall–Kier alpha value is -1.24. The first kappa shape index (κ1) is 8.36. The van der Waals surface area contributed by atoms with E-state index in [0.29, 0.717) is 0 Å². The molecule has 1 heteroatoms. The first-order valence-corrected chi connectivity index (χ1v) is 4.78. The van der Waals surface area contributed by atoms with Crippen molar-refractivity contribution in [1.82, 2.24) is 0 Å². The zero-order valence-corrected chi connectivity index (χ0v) is 7.75. The zero-order valence-electron chi connectivity index (χ0n) is 7.75. The topological polar surface area (TPSA) is 13.1 Å². The Balaban J connectivity index is 2.19. The smallest absolute Gasteiger partial charge is 0.126 e. The lowest BCUT2D eigenvalue weighted by molar-refractivity contribution is 0.555. The first-order chi connectivity index (χ1) is 6.36. The molecule has 1 aromatic rings. The minimum atomic E-state index is 0.943. The van der Waals surface area contributed by atoms with Crippen LogP contribution in [-0.2, 0) is 0 Å². The van der Waals surface area contributed by atoms with Crippen LogP contribution in [-0.4, -0.2) is 0 Å². The predicted molar refractivity (Wildman–Crippen MR) is 54.3 cm³/mol. The van der Waals surface area contributed by atoms with Crippen LogP contribution in [0.25, 0.3) is 6.08 Å². The summed E-state index contributed by atoms with van der Waals surface area (Å²) in [6.07, 6.45) is 8.69. The van der Waals surface area contributed by atoms with E-state index in [-0.39, 0.29) is 0 Å². The highest BCUT2D eigenvalue weighted by atomic mass is 16.3. The summed E-state index contributed by atoms with van der Waals surface area (Å²) in [5, 5.41) is 0. The van der Waals surface area contributed by atoms with Crippen LogP contribution in [0.5, 0.6) is 0 Å². The summed E-state index contributed by atoms with van der Waals surface area (Å²) in [7, 11) is 0. The molecule has 1 aliphatic rings. The molecule has 1 saturated carbocycles. The highest BCUT2D eigenvalue weighted by Gasteiger charge is 2.09. The Kier molecular flexibility index (Phi) is 2.35. The predicted octanol–water partition coefficient (Wildman–Crippen LogP) is 3.79. The van der Waals surface area contributed by atoms with E-state index in [4.69, 9.17) is 4.42 Å². The number of rotatable bonds is 1. The standard InChI is InChI=1S/C12H14O/c1-10-5-2-3-6-11(10)9-12-7-4-8-13-12/h4,7-9H,1-3,5-6H2/b11-9+. The molecule has 0 N–H and O–H groups in total. The minimum absolute atomic E-state index is 0.943. The lowest BCUT2D eigenvalue weighted by Crippen LogP contribution is -1.96. The third kappa shape index (κ3) is 1.92. The van der Waals surface area contributed by atoms with Crippen LogP contribution >= 0.6 is 0 Å². The third-order valence-electron chi connectivity index (χ3n) is 2.49. The molecule has 0 atom stereocenters. The van der Waals surface area contributed by atoms with Crippen molar-refractivity contribution >= 4 is 6.08 Å². The summed E-state index contributed by atoms with van der Waals surface area (Å²) in [6.45, 7) is 4.07. The summed E-state index contributed by atoms with van der Waals surface area (Å²) in [5.74, 6) is 0.943. The van der Waals surface area contributed by atoms with E-state index >= 15 is 0 Å². The third-order valence-corrected chi connectivity index (χ3v) is 2.49. The summed E-state index contributed by atoms with van der Waals surface area (Å²) in [5.41, 5.74) is 2.64. The van der Waals surface area contributed by atoms with Gasteiger partial charge in [-0.05, 0) is 49.5 Å². The van der Waals surface area contributed by atoms with Crippen LogP contribution in [0.15, 0.2) is 40.5 Å². The molecule has 0 saturated heterocycles. The maximum atomic E-state index is 5.27. The second-order valence-corrected chi connectivity index (χ2v) is 3.50. The maximum Gasteiger partial charge on any atom is 0.126 e. The van der Waals surface area contributed by atoms with Crippen LogP contribution in [0.4, 0.5) is 0 Å². The molecule has 1 fully saturated rings. The number of furan rings is 1. The second kappa shape index (κ2) is 3.65. The van der Waals surface area contributed by atoms with E-state index in [1.807, 2.05) is 12.1 Å². The van der Waals surface area contributed by atoms with E-state index in [1.165, 1.54) is 24.0 Å². The molecule has 0 unspecified atom stereocenters. The van der Waals surface area contributed by atoms with Crippen LogP contribution in [0.2, 0.25) is 0 Å². The molecule has 0 bridgehead atoms. The number of hydrogen-bond donors (Lipinski definition) is 0. The van der Waals surface area contributed by atoms with Crippen LogP contribution in [0.1, 0.15) is 31.4 Å². The van der Waals surface area contributed by atoms with Crippen molar-refractivity contribution in [1.29, 1.82) is 0 Å². The normalized spacial score (nSPS) is 20.9. The molecular formula is C12H14O. The van der Waals surface area contributed by atoms with Crippen LogP contribution < -0.4 is 0 Å². The Morgan fingerprint density at radius 3 is 2.85 bits per heavy atom. The number of allylic oxidation sites excluding steroid dienone is 2. The van der Waals surface area contributed by atoms with Crippen molar-refractivity contribution in [3.8, 4) is 0 Å². The number of hydrogen-bond acceptors (Lipinski definition) is 1. The summed E-state index contributed by atoms with van der Waals surface area (Å²) in [6, 6.07) is 3.90. The largest absolute Gasteiger partial charge is 0.465 e. The molecule has 13 heavy (non-hydrogen) atoms. The van der Waals surface area contributed by atoms with Gasteiger partial charge in [-0.1, -0.05) is 12.2 Å². The molecule has 1 aromatic heterocycles. The first-order valence-electron chi connectivity index (χ1n) is 4.78. The van der Waals surface area contributed by atoms with Gasteiger partial charge in [-0.3, -0.25) is 0 Å². The van der Waals surface area contributed by atoms with Gasteiger partial charge in [0, 0.05) is 0 Å². The highest BCUT2D eigenvalue weighted by molar-refractivity contribution is 5.54. The summed E-state index contributed by atoms with van der Waals surface area (Å²) >= 11 is 0. The molecule has 1 heterocycles. The Labute approximate surface area is 78.8 Å². The van der Waals surface area contributed by atoms with Crippen molar-refractivity contribution in [2.75, 3.05) is 0 Å². The molecule has 68 valence electrons. The van der Waals surface area contributed by atoms with Gasteiger partial charge in [0.05, 0.1) is 6.26 Å². The average molecular weight is 174 g/mol. The molecule has 0 radical (unpaired) electrons. The highest BCUT2D eigenvalue weighted by Crippen LogP contribution is 2.28. The van der Waals surface area contributed by atoms with Crippen molar-refractivity contribution in [3.05, 3.63) is 41.9 Å². The quantitative estimate of drug-likeness (QED) is 0.631. The van der Waals surface area contributed by atoms with E-state index < -0.39 is 0 Å². The van der Waals surface area contributed by atoms with Crippen molar-refractivity contribution in [2.24, 2.45) is 0 Å². The summed E-state index contributed by atoms with van der Waals surface area (Å²) in [4.78, 5) is 0. The monoisotopic (exact) mass is 174 g/mol. The van der Waals surface area contributed by atoms with E-state index in [2.05, 4.69) is 12.7 Å². The Morgan fingerprint density at radius 2 is 2.15 bits per heavy atom. The van der Waals surface area contributed by atoms with Gasteiger partial charge in [0.2, 0.25) is 0 Å². The SMILES string of the molecule is C=C1CCCC/C1=C\c1ccco1. The molecule has 1 nitrogen and oxygen atoms in total. The van der Waals surface area contributed by atoms with Gasteiger partial charge in [0.25, 0.3) is 0 Å². The van der Waals surface area contributed by atoms with Gasteiger partial charge in [-0.25, -0.2) is 0 Å². The molecule has 0 spiro atoms. The zero-order chi connectivity index (χ0) is 9.10. The van der Waals surface area contributed by atoms with Gasteiger partial charge < -0.3 is 4.42 Å². The van der Waals surface area contributed by atoms with Gasteiger partial charge >= 0.3 is 0 Å². The fourth-order valence-corrected chi connectivity index (χ4v) is 1.71. The molecule has 0 aromatic carbocycles. The second-order valence-electron chi connectivity index (χ2n) is 3.50. The van der Waals surface area contributed by atoms with Gasteiger partial charge in [-0.15, -0.1) is 0 Å². The Morgan fingerprint density at radius 1 is 1.31 bits per heavy atom. The fourth-order valence-electron chi connectivity index (χ4n) is 1.71. The fraction of sp³-hybridized carbons (Fsp3) is 0.333. The molecule has 1 aliphatic carbocycles. The summed E-state index contributed by atoms with van der Waals surface area (Å²) < 4.78 is 5.27. The van der Waals surface area contributed by atoms with Gasteiger partial charge in [0.15, 0.2) is 0 Å². The van der Waals surface area contributed by atoms with Crippen LogP contribution in [0, 0.1) is 0 Å². The molecule has 2 rings (SSSR count). The van der Waals surface area contributed by atoms with Crippen LogP contribution in [0.3, 0.4) is 0 Å². The maximum absolute atomic E-state index is 5.27. The van der Waals surface area contributed by atoms with E-state index in [9.17, 15) is 0 Å². The van der Waals surface area contributed by atoms with Crippen molar-refractivity contribution < 1.29 is 4.42 Å². The average Bonchev–Trinajstić information content (AvgIpc) is 2.61. The molecule has 0 amide bonds. The molecular weight excluding hydrogens is 160 g/mol.